The molecule has 0 aromatic rings. The molecule has 0 saturated heterocycles. The van der Waals surface area contributed by atoms with Gasteiger partial charge in [-0.3, -0.25) is 37.3 Å². The van der Waals surface area contributed by atoms with Crippen molar-refractivity contribution in [3.05, 3.63) is 0 Å². The summed E-state index contributed by atoms with van der Waals surface area (Å²) in [7, 11) is -9.93. The van der Waals surface area contributed by atoms with Crippen LogP contribution in [0, 0.1) is 23.7 Å². The van der Waals surface area contributed by atoms with Crippen LogP contribution in [0.25, 0.3) is 0 Å². The van der Waals surface area contributed by atoms with Crippen LogP contribution in [0.1, 0.15) is 460 Å². The van der Waals surface area contributed by atoms with Crippen LogP contribution in [0.2, 0.25) is 0 Å². The number of carbonyl (C=O) groups excluding carboxylic acids is 4. The molecule has 0 aliphatic rings. The second-order valence-corrected chi connectivity index (χ2v) is 36.4. The van der Waals surface area contributed by atoms with Crippen LogP contribution in [0.5, 0.6) is 0 Å². The van der Waals surface area contributed by atoms with Crippen molar-refractivity contribution >= 4 is 39.5 Å². The maximum absolute atomic E-state index is 13.2. The number of ether oxygens (including phenoxy) is 4. The predicted molar refractivity (Wildman–Crippen MR) is 441 cm³/mol. The van der Waals surface area contributed by atoms with Gasteiger partial charge in [-0.15, -0.1) is 0 Å². The highest BCUT2D eigenvalue weighted by molar-refractivity contribution is 7.47. The lowest BCUT2D eigenvalue weighted by molar-refractivity contribution is -0.161. The largest absolute Gasteiger partial charge is 0.472 e. The van der Waals surface area contributed by atoms with Gasteiger partial charge in [0.05, 0.1) is 26.4 Å². The third-order valence-electron chi connectivity index (χ3n) is 20.6. The number of rotatable bonds is 85. The Bertz CT molecular complexity index is 2080. The number of aliphatic hydroxyl groups is 1. The molecular weight excluding hydrogens is 1390 g/mol. The Morgan fingerprint density at radius 2 is 0.393 bits per heavy atom. The first kappa shape index (κ1) is 105. The molecule has 0 radical (unpaired) electrons. The summed E-state index contributed by atoms with van der Waals surface area (Å²) < 4.78 is 68.9. The van der Waals surface area contributed by atoms with Crippen molar-refractivity contribution < 1.29 is 80.2 Å². The number of unbranched alkanes of at least 4 members (excludes halogenated alkanes) is 51. The Balaban J connectivity index is 5.21. The molecule has 0 aliphatic heterocycles. The minimum Gasteiger partial charge on any atom is -0.462 e. The Morgan fingerprint density at radius 3 is 0.579 bits per heavy atom. The van der Waals surface area contributed by atoms with Gasteiger partial charge in [-0.25, -0.2) is 9.13 Å². The van der Waals surface area contributed by atoms with Crippen LogP contribution in [0.15, 0.2) is 0 Å². The first-order valence-corrected chi connectivity index (χ1v) is 48.2. The summed E-state index contributed by atoms with van der Waals surface area (Å²) in [5.74, 6) is 1.01. The Labute approximate surface area is 658 Å². The predicted octanol–water partition coefficient (Wildman–Crippen LogP) is 26.7. The molecule has 3 unspecified atom stereocenters. The molecule has 0 aromatic heterocycles. The zero-order valence-electron chi connectivity index (χ0n) is 70.8. The van der Waals surface area contributed by atoms with Gasteiger partial charge in [0.15, 0.2) is 12.2 Å². The van der Waals surface area contributed by atoms with Crippen molar-refractivity contribution in [3.8, 4) is 0 Å². The summed E-state index contributed by atoms with van der Waals surface area (Å²) in [6.07, 6.45) is 66.9. The fourth-order valence-corrected chi connectivity index (χ4v) is 15.3. The van der Waals surface area contributed by atoms with E-state index in [1.165, 1.54) is 257 Å². The Kier molecular flexibility index (Phi) is 75.3. The van der Waals surface area contributed by atoms with Gasteiger partial charge >= 0.3 is 39.5 Å². The number of hydrogen-bond acceptors (Lipinski definition) is 15. The van der Waals surface area contributed by atoms with E-state index in [4.69, 9.17) is 37.0 Å². The van der Waals surface area contributed by atoms with Gasteiger partial charge in [0.1, 0.15) is 19.3 Å². The van der Waals surface area contributed by atoms with E-state index >= 15 is 0 Å². The molecule has 107 heavy (non-hydrogen) atoms. The summed E-state index contributed by atoms with van der Waals surface area (Å²) in [5.41, 5.74) is 0. The maximum atomic E-state index is 13.2. The molecule has 3 N–H and O–H groups in total. The SMILES string of the molecule is CC(C)CCCCCCCCCCCCCCCCCCCCC(=O)O[C@H](COC(=O)CCCCCCCCCCCCCCCCCC(C)C)COP(=O)(O)OCC(O)COP(=O)(O)OC[C@@H](COC(=O)CCCCCCCCC(C)C)OC(=O)CCCCCCCCCCCCCCCCCCC(C)C. The molecule has 0 aromatic carbocycles. The molecule has 0 amide bonds. The number of carbonyl (C=O) groups is 4. The number of phosphoric acid groups is 2. The Hall–Kier alpha value is -1.94. The lowest BCUT2D eigenvalue weighted by atomic mass is 10.0. The third kappa shape index (κ3) is 81.9. The average molecular weight is 1560 g/mol. The van der Waals surface area contributed by atoms with E-state index < -0.39 is 97.5 Å². The molecule has 636 valence electrons. The highest BCUT2D eigenvalue weighted by Gasteiger charge is 2.31. The summed E-state index contributed by atoms with van der Waals surface area (Å²) in [6.45, 7) is 14.3. The summed E-state index contributed by atoms with van der Waals surface area (Å²) in [4.78, 5) is 73.2. The van der Waals surface area contributed by atoms with E-state index in [1.54, 1.807) is 0 Å². The zero-order valence-corrected chi connectivity index (χ0v) is 72.6. The van der Waals surface area contributed by atoms with E-state index in [0.717, 1.165) is 114 Å². The molecule has 0 bridgehead atoms. The second-order valence-electron chi connectivity index (χ2n) is 33.5. The number of phosphoric ester groups is 2. The maximum Gasteiger partial charge on any atom is 0.472 e. The fraction of sp³-hybridized carbons (Fsp3) is 0.955. The molecule has 0 aliphatic carbocycles. The number of hydrogen-bond donors (Lipinski definition) is 3. The van der Waals surface area contributed by atoms with Crippen LogP contribution in [-0.2, 0) is 65.4 Å². The Morgan fingerprint density at radius 1 is 0.234 bits per heavy atom. The van der Waals surface area contributed by atoms with E-state index in [-0.39, 0.29) is 25.7 Å². The fourth-order valence-electron chi connectivity index (χ4n) is 13.7. The second kappa shape index (κ2) is 76.7. The van der Waals surface area contributed by atoms with Crippen molar-refractivity contribution in [3.63, 3.8) is 0 Å². The number of esters is 4. The van der Waals surface area contributed by atoms with Gasteiger partial charge in [-0.05, 0) is 49.4 Å². The van der Waals surface area contributed by atoms with Crippen LogP contribution >= 0.6 is 15.6 Å². The molecular formula is C88H172O17P2. The molecule has 0 fully saturated rings. The van der Waals surface area contributed by atoms with E-state index in [9.17, 15) is 43.2 Å². The van der Waals surface area contributed by atoms with E-state index in [2.05, 4.69) is 55.4 Å². The highest BCUT2D eigenvalue weighted by atomic mass is 31.2. The topological polar surface area (TPSA) is 237 Å². The third-order valence-corrected chi connectivity index (χ3v) is 22.5. The standard InChI is InChI=1S/C88H172O17P2/c1-78(2)64-56-48-40-34-28-22-16-11-9-10-12-19-26-32-38-44-54-62-70-87(92)104-83(74-98-85(90)68-60-52-43-37-31-25-21-15-18-24-30-36-42-50-58-66-80(5)6)76-102-106(94,95)100-72-82(89)73-101-107(96,97)103-77-84(75-99-86(91)69-61-53-47-46-51-59-67-81(7)8)105-88(93)71-63-55-45-39-33-27-20-14-13-17-23-29-35-41-49-57-65-79(3)4/h78-84,89H,9-77H2,1-8H3,(H,94,95)(H,96,97)/t82?,83-,84-/m1/s1. The smallest absolute Gasteiger partial charge is 0.462 e. The molecule has 0 heterocycles. The summed E-state index contributed by atoms with van der Waals surface area (Å²) in [6, 6.07) is 0. The summed E-state index contributed by atoms with van der Waals surface area (Å²) in [5, 5.41) is 10.7. The zero-order chi connectivity index (χ0) is 78.8. The average Bonchev–Trinajstić information content (AvgIpc) is 0.903. The van der Waals surface area contributed by atoms with Gasteiger partial charge in [0.2, 0.25) is 0 Å². The van der Waals surface area contributed by atoms with Crippen LogP contribution < -0.4 is 0 Å². The first-order chi connectivity index (χ1) is 51.6. The number of aliphatic hydroxyl groups excluding tert-OH is 1. The summed E-state index contributed by atoms with van der Waals surface area (Å²) >= 11 is 0. The van der Waals surface area contributed by atoms with Gasteiger partial charge in [-0.2, -0.15) is 0 Å². The highest BCUT2D eigenvalue weighted by Crippen LogP contribution is 2.45. The minimum absolute atomic E-state index is 0.107. The van der Waals surface area contributed by atoms with Gasteiger partial charge in [0, 0.05) is 25.7 Å². The quantitative estimate of drug-likeness (QED) is 0.0222. The van der Waals surface area contributed by atoms with Crippen molar-refractivity contribution in [1.82, 2.24) is 0 Å². The molecule has 19 heteroatoms. The van der Waals surface area contributed by atoms with E-state index in [0.29, 0.717) is 31.6 Å². The normalized spacial score (nSPS) is 13.9. The van der Waals surface area contributed by atoms with Crippen LogP contribution in [0.4, 0.5) is 0 Å². The van der Waals surface area contributed by atoms with Crippen molar-refractivity contribution in [1.29, 1.82) is 0 Å². The van der Waals surface area contributed by atoms with Gasteiger partial charge in [-0.1, -0.05) is 409 Å². The van der Waals surface area contributed by atoms with E-state index in [1.807, 2.05) is 0 Å². The first-order valence-electron chi connectivity index (χ1n) is 45.2. The van der Waals surface area contributed by atoms with Crippen molar-refractivity contribution in [2.45, 2.75) is 478 Å². The molecule has 0 spiro atoms. The monoisotopic (exact) mass is 1560 g/mol. The van der Waals surface area contributed by atoms with Crippen molar-refractivity contribution in [2.24, 2.45) is 23.7 Å². The molecule has 5 atom stereocenters. The lowest BCUT2D eigenvalue weighted by Crippen LogP contribution is -2.30. The minimum atomic E-state index is -4.97. The van der Waals surface area contributed by atoms with Gasteiger partial charge in [0.25, 0.3) is 0 Å². The van der Waals surface area contributed by atoms with Crippen molar-refractivity contribution in [2.75, 3.05) is 39.6 Å². The van der Waals surface area contributed by atoms with Crippen LogP contribution in [-0.4, -0.2) is 96.7 Å². The van der Waals surface area contributed by atoms with Gasteiger partial charge < -0.3 is 33.8 Å². The molecule has 0 saturated carbocycles. The molecule has 0 rings (SSSR count). The van der Waals surface area contributed by atoms with Crippen LogP contribution in [0.3, 0.4) is 0 Å². The molecule has 17 nitrogen and oxygen atoms in total. The lowest BCUT2D eigenvalue weighted by Gasteiger charge is -2.21.